The number of rotatable bonds is 3. The maximum absolute atomic E-state index is 12.3. The van der Waals surface area contributed by atoms with Crippen molar-refractivity contribution in [1.82, 2.24) is 14.8 Å². The van der Waals surface area contributed by atoms with Gasteiger partial charge in [0, 0.05) is 32.4 Å². The van der Waals surface area contributed by atoms with Crippen molar-refractivity contribution in [3.05, 3.63) is 28.5 Å². The van der Waals surface area contributed by atoms with Crippen molar-refractivity contribution in [1.29, 1.82) is 0 Å². The number of aromatic nitrogens is 1. The number of amides is 1. The number of esters is 1. The number of hydrogen-bond acceptors (Lipinski definition) is 5. The highest BCUT2D eigenvalue weighted by molar-refractivity contribution is 9.10. The van der Waals surface area contributed by atoms with Crippen LogP contribution in [0.4, 0.5) is 0 Å². The Hall–Kier alpha value is -1.47. The first-order valence-electron chi connectivity index (χ1n) is 6.30. The minimum atomic E-state index is -0.248. The van der Waals surface area contributed by atoms with E-state index >= 15 is 0 Å². The highest BCUT2D eigenvalue weighted by Crippen LogP contribution is 2.11. The van der Waals surface area contributed by atoms with Gasteiger partial charge in [-0.2, -0.15) is 0 Å². The fraction of sp³-hybridized carbons (Fsp3) is 0.462. The lowest BCUT2D eigenvalue weighted by atomic mass is 10.2. The molecule has 108 valence electrons. The van der Waals surface area contributed by atoms with Crippen molar-refractivity contribution >= 4 is 27.8 Å². The summed E-state index contributed by atoms with van der Waals surface area (Å²) in [5.41, 5.74) is 0.578. The van der Waals surface area contributed by atoms with E-state index < -0.39 is 0 Å². The molecule has 2 heterocycles. The third kappa shape index (κ3) is 3.77. The number of methoxy groups -OCH3 is 1. The summed E-state index contributed by atoms with van der Waals surface area (Å²) in [7, 11) is 1.38. The second kappa shape index (κ2) is 6.81. The normalized spacial score (nSPS) is 16.0. The zero-order chi connectivity index (χ0) is 14.5. The Kier molecular flexibility index (Phi) is 5.08. The van der Waals surface area contributed by atoms with Gasteiger partial charge in [-0.05, 0) is 28.1 Å². The summed E-state index contributed by atoms with van der Waals surface area (Å²) in [5.74, 6) is -0.274. The number of halogens is 1. The Morgan fingerprint density at radius 1 is 1.30 bits per heavy atom. The monoisotopic (exact) mass is 341 g/mol. The largest absolute Gasteiger partial charge is 0.468 e. The van der Waals surface area contributed by atoms with Crippen LogP contribution < -0.4 is 0 Å². The molecule has 1 fully saturated rings. The molecular formula is C13H16BrN3O3. The van der Waals surface area contributed by atoms with Crippen LogP contribution in [0.25, 0.3) is 0 Å². The number of hydrogen-bond donors (Lipinski definition) is 0. The van der Waals surface area contributed by atoms with Crippen LogP contribution >= 0.6 is 15.9 Å². The molecule has 0 aliphatic carbocycles. The SMILES string of the molecule is COC(=O)CN1CCN(C(=O)c2ccc(Br)nc2)CC1. The van der Waals surface area contributed by atoms with E-state index in [-0.39, 0.29) is 18.4 Å². The molecule has 7 heteroatoms. The molecular weight excluding hydrogens is 326 g/mol. The molecule has 1 aliphatic heterocycles. The minimum Gasteiger partial charge on any atom is -0.468 e. The quantitative estimate of drug-likeness (QED) is 0.600. The highest BCUT2D eigenvalue weighted by atomic mass is 79.9. The third-order valence-corrected chi connectivity index (χ3v) is 3.68. The lowest BCUT2D eigenvalue weighted by Gasteiger charge is -2.34. The van der Waals surface area contributed by atoms with Gasteiger partial charge in [-0.15, -0.1) is 0 Å². The van der Waals surface area contributed by atoms with E-state index in [1.165, 1.54) is 7.11 Å². The van der Waals surface area contributed by atoms with Crippen molar-refractivity contribution < 1.29 is 14.3 Å². The van der Waals surface area contributed by atoms with E-state index in [0.29, 0.717) is 36.3 Å². The maximum Gasteiger partial charge on any atom is 0.319 e. The minimum absolute atomic E-state index is 0.0253. The molecule has 1 amide bonds. The molecule has 2 rings (SSSR count). The second-order valence-electron chi connectivity index (χ2n) is 4.51. The fourth-order valence-electron chi connectivity index (χ4n) is 2.04. The average Bonchev–Trinajstić information content (AvgIpc) is 2.48. The number of ether oxygens (including phenoxy) is 1. The van der Waals surface area contributed by atoms with Crippen molar-refractivity contribution in [2.75, 3.05) is 39.8 Å². The van der Waals surface area contributed by atoms with Gasteiger partial charge < -0.3 is 9.64 Å². The lowest BCUT2D eigenvalue weighted by Crippen LogP contribution is -2.50. The summed E-state index contributed by atoms with van der Waals surface area (Å²) < 4.78 is 5.34. The Morgan fingerprint density at radius 3 is 2.55 bits per heavy atom. The van der Waals surface area contributed by atoms with Crippen LogP contribution in [0, 0.1) is 0 Å². The first-order valence-corrected chi connectivity index (χ1v) is 7.09. The molecule has 0 atom stereocenters. The zero-order valence-corrected chi connectivity index (χ0v) is 12.8. The van der Waals surface area contributed by atoms with E-state index in [9.17, 15) is 9.59 Å². The average molecular weight is 342 g/mol. The first-order chi connectivity index (χ1) is 9.60. The van der Waals surface area contributed by atoms with E-state index in [2.05, 4.69) is 25.7 Å². The summed E-state index contributed by atoms with van der Waals surface area (Å²) in [6.07, 6.45) is 1.56. The molecule has 0 radical (unpaired) electrons. The molecule has 6 nitrogen and oxygen atoms in total. The Balaban J connectivity index is 1.88. The van der Waals surface area contributed by atoms with Crippen LogP contribution in [0.15, 0.2) is 22.9 Å². The van der Waals surface area contributed by atoms with Crippen molar-refractivity contribution in [2.45, 2.75) is 0 Å². The van der Waals surface area contributed by atoms with Crippen LogP contribution in [-0.4, -0.2) is 66.5 Å². The first kappa shape index (κ1) is 14.9. The van der Waals surface area contributed by atoms with Gasteiger partial charge in [0.25, 0.3) is 5.91 Å². The molecule has 0 unspecified atom stereocenters. The lowest BCUT2D eigenvalue weighted by molar-refractivity contribution is -0.142. The van der Waals surface area contributed by atoms with E-state index in [4.69, 9.17) is 0 Å². The molecule has 1 aliphatic rings. The summed E-state index contributed by atoms with van der Waals surface area (Å²) in [5, 5.41) is 0. The molecule has 1 aromatic heterocycles. The predicted molar refractivity (Wildman–Crippen MR) is 76.3 cm³/mol. The number of piperazine rings is 1. The molecule has 1 saturated heterocycles. The van der Waals surface area contributed by atoms with Crippen LogP contribution in [0.5, 0.6) is 0 Å². The molecule has 1 aromatic rings. The van der Waals surface area contributed by atoms with Crippen LogP contribution in [0.3, 0.4) is 0 Å². The van der Waals surface area contributed by atoms with E-state index in [1.807, 2.05) is 4.90 Å². The molecule has 0 bridgehead atoms. The number of nitrogens with zero attached hydrogens (tertiary/aromatic N) is 3. The van der Waals surface area contributed by atoms with Gasteiger partial charge in [-0.1, -0.05) is 0 Å². The van der Waals surface area contributed by atoms with E-state index in [1.54, 1.807) is 23.2 Å². The Morgan fingerprint density at radius 2 is 2.00 bits per heavy atom. The van der Waals surface area contributed by atoms with Gasteiger partial charge in [-0.3, -0.25) is 14.5 Å². The number of pyridine rings is 1. The maximum atomic E-state index is 12.3. The summed E-state index contributed by atoms with van der Waals surface area (Å²) >= 11 is 3.24. The topological polar surface area (TPSA) is 62.7 Å². The summed E-state index contributed by atoms with van der Waals surface area (Å²) in [4.78, 5) is 31.3. The van der Waals surface area contributed by atoms with Crippen molar-refractivity contribution in [3.63, 3.8) is 0 Å². The van der Waals surface area contributed by atoms with Gasteiger partial charge >= 0.3 is 5.97 Å². The van der Waals surface area contributed by atoms with Crippen LogP contribution in [-0.2, 0) is 9.53 Å². The molecule has 0 N–H and O–H groups in total. The molecule has 20 heavy (non-hydrogen) atoms. The highest BCUT2D eigenvalue weighted by Gasteiger charge is 2.23. The second-order valence-corrected chi connectivity index (χ2v) is 5.33. The van der Waals surface area contributed by atoms with Gasteiger partial charge in [0.1, 0.15) is 4.60 Å². The van der Waals surface area contributed by atoms with Gasteiger partial charge in [0.05, 0.1) is 19.2 Å². The molecule has 0 spiro atoms. The Bertz CT molecular complexity index is 484. The predicted octanol–water partition coefficient (Wildman–Crippen LogP) is 0.775. The Labute approximate surface area is 125 Å². The molecule has 0 saturated carbocycles. The van der Waals surface area contributed by atoms with E-state index in [0.717, 1.165) is 0 Å². The van der Waals surface area contributed by atoms with Crippen LogP contribution in [0.2, 0.25) is 0 Å². The van der Waals surface area contributed by atoms with Gasteiger partial charge in [-0.25, -0.2) is 4.98 Å². The van der Waals surface area contributed by atoms with Crippen LogP contribution in [0.1, 0.15) is 10.4 Å². The third-order valence-electron chi connectivity index (χ3n) is 3.21. The van der Waals surface area contributed by atoms with Gasteiger partial charge in [0.2, 0.25) is 0 Å². The zero-order valence-electron chi connectivity index (χ0n) is 11.2. The number of carbonyl (C=O) groups excluding carboxylic acids is 2. The number of carbonyl (C=O) groups is 2. The van der Waals surface area contributed by atoms with Crippen molar-refractivity contribution in [3.8, 4) is 0 Å². The fourth-order valence-corrected chi connectivity index (χ4v) is 2.28. The van der Waals surface area contributed by atoms with Gasteiger partial charge in [0.15, 0.2) is 0 Å². The smallest absolute Gasteiger partial charge is 0.319 e. The summed E-state index contributed by atoms with van der Waals surface area (Å²) in [6.45, 7) is 2.83. The summed E-state index contributed by atoms with van der Waals surface area (Å²) in [6, 6.07) is 3.50. The molecule has 0 aromatic carbocycles. The van der Waals surface area contributed by atoms with Crippen molar-refractivity contribution in [2.24, 2.45) is 0 Å². The standard InChI is InChI=1S/C13H16BrN3O3/c1-20-12(18)9-16-4-6-17(7-5-16)13(19)10-2-3-11(14)15-8-10/h2-3,8H,4-7,9H2,1H3.